The van der Waals surface area contributed by atoms with Crippen molar-refractivity contribution in [2.45, 2.75) is 26.4 Å². The second-order valence-electron chi connectivity index (χ2n) is 2.12. The molecule has 0 spiro atoms. The van der Waals surface area contributed by atoms with Crippen molar-refractivity contribution in [3.05, 3.63) is 0 Å². The first-order valence-electron chi connectivity index (χ1n) is 3.45. The predicted octanol–water partition coefficient (Wildman–Crippen LogP) is 1.45. The van der Waals surface area contributed by atoms with Gasteiger partial charge in [-0.2, -0.15) is 0 Å². The Morgan fingerprint density at radius 3 is 2.11 bits per heavy atom. The Kier molecular flexibility index (Phi) is 5.99. The van der Waals surface area contributed by atoms with Crippen LogP contribution in [0.1, 0.15) is 20.3 Å². The van der Waals surface area contributed by atoms with Crippen LogP contribution in [0.25, 0.3) is 0 Å². The molecule has 1 aliphatic rings. The largest absolute Gasteiger partial charge is 0.382 e. The highest BCUT2D eigenvalue weighted by molar-refractivity contribution is 4.66. The third-order valence-electron chi connectivity index (χ3n) is 0.755. The van der Waals surface area contributed by atoms with Crippen LogP contribution in [0.15, 0.2) is 0 Å². The molecule has 1 saturated heterocycles. The summed E-state index contributed by atoms with van der Waals surface area (Å²) in [7, 11) is 1.68. The van der Waals surface area contributed by atoms with Gasteiger partial charge in [-0.1, -0.05) is 20.3 Å². The number of rotatable bonds is 2. The summed E-state index contributed by atoms with van der Waals surface area (Å²) in [6.07, 6.45) is 1.68. The maximum atomic E-state index is 4.82. The highest BCUT2D eigenvalue weighted by Crippen LogP contribution is 2.06. The Balaban J connectivity index is 0.000000187. The summed E-state index contributed by atoms with van der Waals surface area (Å²) in [4.78, 5) is 0. The van der Waals surface area contributed by atoms with E-state index in [0.29, 0.717) is 6.10 Å². The van der Waals surface area contributed by atoms with E-state index in [0.717, 1.165) is 13.2 Å². The molecule has 1 aliphatic heterocycles. The summed E-state index contributed by atoms with van der Waals surface area (Å²) >= 11 is 0. The summed E-state index contributed by atoms with van der Waals surface area (Å²) in [5.41, 5.74) is 0. The van der Waals surface area contributed by atoms with Gasteiger partial charge in [-0.3, -0.25) is 0 Å². The Hall–Kier alpha value is -0.0800. The van der Waals surface area contributed by atoms with Crippen LogP contribution in [-0.4, -0.2) is 26.4 Å². The van der Waals surface area contributed by atoms with Crippen LogP contribution < -0.4 is 0 Å². The summed E-state index contributed by atoms with van der Waals surface area (Å²) < 4.78 is 9.56. The molecule has 9 heavy (non-hydrogen) atoms. The van der Waals surface area contributed by atoms with Crippen LogP contribution >= 0.6 is 0 Å². The lowest BCUT2D eigenvalue weighted by atomic mass is 10.5. The van der Waals surface area contributed by atoms with Crippen LogP contribution in [0.2, 0.25) is 0 Å². The standard InChI is InChI=1S/C4H8O2.C3H8/c1-5-2-4-3-6-4;1-3-2/h4H,2-3H2,1H3;3H2,1-2H3. The molecular formula is C7H16O2. The topological polar surface area (TPSA) is 21.8 Å². The quantitative estimate of drug-likeness (QED) is 0.530. The molecule has 1 heterocycles. The van der Waals surface area contributed by atoms with Crippen LogP contribution in [-0.2, 0) is 9.47 Å². The van der Waals surface area contributed by atoms with Crippen LogP contribution in [0, 0.1) is 0 Å². The molecule has 0 radical (unpaired) electrons. The minimum absolute atomic E-state index is 0.426. The van der Waals surface area contributed by atoms with Gasteiger partial charge in [0.25, 0.3) is 0 Å². The van der Waals surface area contributed by atoms with Gasteiger partial charge in [0.1, 0.15) is 6.10 Å². The minimum atomic E-state index is 0.426. The van der Waals surface area contributed by atoms with Crippen molar-refractivity contribution < 1.29 is 9.47 Å². The van der Waals surface area contributed by atoms with Crippen LogP contribution in [0.5, 0.6) is 0 Å². The van der Waals surface area contributed by atoms with Gasteiger partial charge in [0.2, 0.25) is 0 Å². The number of epoxide rings is 1. The summed E-state index contributed by atoms with van der Waals surface area (Å²) in [5, 5.41) is 0. The molecule has 0 saturated carbocycles. The van der Waals surface area contributed by atoms with E-state index in [4.69, 9.17) is 9.47 Å². The zero-order chi connectivity index (χ0) is 7.11. The first-order chi connectivity index (χ1) is 4.35. The first-order valence-corrected chi connectivity index (χ1v) is 3.45. The minimum Gasteiger partial charge on any atom is -0.382 e. The zero-order valence-corrected chi connectivity index (χ0v) is 6.52. The van der Waals surface area contributed by atoms with E-state index < -0.39 is 0 Å². The lowest BCUT2D eigenvalue weighted by Gasteiger charge is -1.84. The highest BCUT2D eigenvalue weighted by atomic mass is 16.6. The summed E-state index contributed by atoms with van der Waals surface area (Å²) in [6, 6.07) is 0. The van der Waals surface area contributed by atoms with E-state index in [2.05, 4.69) is 13.8 Å². The second kappa shape index (κ2) is 6.05. The van der Waals surface area contributed by atoms with Gasteiger partial charge in [-0.05, 0) is 0 Å². The summed E-state index contributed by atoms with van der Waals surface area (Å²) in [5.74, 6) is 0. The molecule has 1 unspecified atom stereocenters. The van der Waals surface area contributed by atoms with E-state index >= 15 is 0 Å². The van der Waals surface area contributed by atoms with Crippen LogP contribution in [0.3, 0.4) is 0 Å². The van der Waals surface area contributed by atoms with Gasteiger partial charge < -0.3 is 9.47 Å². The molecule has 1 fully saturated rings. The molecule has 0 aromatic rings. The molecule has 2 nitrogen and oxygen atoms in total. The average Bonchev–Trinajstić information content (AvgIpc) is 2.53. The summed E-state index contributed by atoms with van der Waals surface area (Å²) in [6.45, 7) is 5.91. The van der Waals surface area contributed by atoms with Gasteiger partial charge in [0.15, 0.2) is 0 Å². The number of hydrogen-bond acceptors (Lipinski definition) is 2. The molecule has 0 N–H and O–H groups in total. The van der Waals surface area contributed by atoms with Crippen molar-refractivity contribution in [3.8, 4) is 0 Å². The van der Waals surface area contributed by atoms with E-state index in [1.54, 1.807) is 7.11 Å². The Labute approximate surface area is 57.2 Å². The number of ether oxygens (including phenoxy) is 2. The van der Waals surface area contributed by atoms with Crippen molar-refractivity contribution >= 4 is 0 Å². The smallest absolute Gasteiger partial charge is 0.104 e. The number of methoxy groups -OCH3 is 1. The van der Waals surface area contributed by atoms with E-state index in [-0.39, 0.29) is 0 Å². The maximum Gasteiger partial charge on any atom is 0.104 e. The normalized spacial score (nSPS) is 22.3. The molecule has 1 atom stereocenters. The zero-order valence-electron chi connectivity index (χ0n) is 6.52. The van der Waals surface area contributed by atoms with Crippen molar-refractivity contribution in [1.82, 2.24) is 0 Å². The van der Waals surface area contributed by atoms with E-state index in [1.165, 1.54) is 6.42 Å². The average molecular weight is 132 g/mol. The van der Waals surface area contributed by atoms with Crippen molar-refractivity contribution in [1.29, 1.82) is 0 Å². The molecule has 0 amide bonds. The third kappa shape index (κ3) is 7.92. The second-order valence-corrected chi connectivity index (χ2v) is 2.12. The van der Waals surface area contributed by atoms with Gasteiger partial charge in [-0.15, -0.1) is 0 Å². The van der Waals surface area contributed by atoms with Gasteiger partial charge in [-0.25, -0.2) is 0 Å². The molecule has 0 aromatic heterocycles. The maximum absolute atomic E-state index is 4.82. The lowest BCUT2D eigenvalue weighted by molar-refractivity contribution is 0.171. The fourth-order valence-corrected chi connectivity index (χ4v) is 0.350. The third-order valence-corrected chi connectivity index (χ3v) is 0.755. The SMILES string of the molecule is CCC.COCC1CO1. The number of hydrogen-bond donors (Lipinski definition) is 0. The Bertz CT molecular complexity index is 50.9. The van der Waals surface area contributed by atoms with Gasteiger partial charge in [0, 0.05) is 7.11 Å². The van der Waals surface area contributed by atoms with Gasteiger partial charge in [0.05, 0.1) is 13.2 Å². The van der Waals surface area contributed by atoms with Crippen molar-refractivity contribution in [3.63, 3.8) is 0 Å². The van der Waals surface area contributed by atoms with Gasteiger partial charge >= 0.3 is 0 Å². The molecule has 1 rings (SSSR count). The molecular weight excluding hydrogens is 116 g/mol. The molecule has 0 aromatic carbocycles. The Morgan fingerprint density at radius 2 is 2.00 bits per heavy atom. The Morgan fingerprint density at radius 1 is 1.56 bits per heavy atom. The van der Waals surface area contributed by atoms with E-state index in [1.807, 2.05) is 0 Å². The predicted molar refractivity (Wildman–Crippen MR) is 37.6 cm³/mol. The molecule has 0 aliphatic carbocycles. The van der Waals surface area contributed by atoms with Crippen molar-refractivity contribution in [2.24, 2.45) is 0 Å². The molecule has 56 valence electrons. The monoisotopic (exact) mass is 132 g/mol. The molecule has 0 bridgehead atoms. The van der Waals surface area contributed by atoms with Crippen molar-refractivity contribution in [2.75, 3.05) is 20.3 Å². The lowest BCUT2D eigenvalue weighted by Crippen LogP contribution is -1.94. The fourth-order valence-electron chi connectivity index (χ4n) is 0.350. The highest BCUT2D eigenvalue weighted by Gasteiger charge is 2.21. The fraction of sp³-hybridized carbons (Fsp3) is 1.00. The first kappa shape index (κ1) is 8.92. The molecule has 2 heteroatoms. The van der Waals surface area contributed by atoms with E-state index in [9.17, 15) is 0 Å². The van der Waals surface area contributed by atoms with Crippen LogP contribution in [0.4, 0.5) is 0 Å².